The van der Waals surface area contributed by atoms with Gasteiger partial charge in [0.05, 0.1) is 0 Å². The standard InChI is InChI=1S/C16H17NO3/c1-2-11-16-13(6-7-14(18)19)20-12-5-3-4-10(15(12)16)8-9-17-11/h3-7,11,17H,2,8-9H2,1H3,(H,18,19)/b7-6+. The highest BCUT2D eigenvalue weighted by Gasteiger charge is 2.24. The minimum atomic E-state index is -0.965. The fourth-order valence-electron chi connectivity index (χ4n) is 2.92. The molecule has 0 fully saturated rings. The molecule has 1 unspecified atom stereocenters. The third-order valence-corrected chi connectivity index (χ3v) is 3.79. The lowest BCUT2D eigenvalue weighted by atomic mass is 9.98. The van der Waals surface area contributed by atoms with Gasteiger partial charge < -0.3 is 14.8 Å². The number of hydrogen-bond donors (Lipinski definition) is 2. The third kappa shape index (κ3) is 2.12. The van der Waals surface area contributed by atoms with Crippen LogP contribution in [-0.2, 0) is 11.2 Å². The van der Waals surface area contributed by atoms with Crippen molar-refractivity contribution >= 4 is 23.0 Å². The monoisotopic (exact) mass is 271 g/mol. The molecule has 4 heteroatoms. The van der Waals surface area contributed by atoms with E-state index in [1.807, 2.05) is 12.1 Å². The quantitative estimate of drug-likeness (QED) is 0.842. The highest BCUT2D eigenvalue weighted by Crippen LogP contribution is 2.37. The summed E-state index contributed by atoms with van der Waals surface area (Å²) in [5.41, 5.74) is 3.19. The molecule has 4 nitrogen and oxygen atoms in total. The second-order valence-electron chi connectivity index (χ2n) is 5.01. The van der Waals surface area contributed by atoms with Gasteiger partial charge in [-0.2, -0.15) is 0 Å². The largest absolute Gasteiger partial charge is 0.478 e. The normalized spacial score (nSPS) is 18.6. The van der Waals surface area contributed by atoms with Crippen LogP contribution in [0.15, 0.2) is 28.7 Å². The first-order valence-electron chi connectivity index (χ1n) is 6.89. The molecule has 0 saturated carbocycles. The van der Waals surface area contributed by atoms with Gasteiger partial charge >= 0.3 is 5.97 Å². The van der Waals surface area contributed by atoms with Crippen LogP contribution in [-0.4, -0.2) is 17.6 Å². The minimum Gasteiger partial charge on any atom is -0.478 e. The Morgan fingerprint density at radius 2 is 2.40 bits per heavy atom. The van der Waals surface area contributed by atoms with E-state index in [0.29, 0.717) is 5.76 Å². The Labute approximate surface area is 117 Å². The van der Waals surface area contributed by atoms with Crippen LogP contribution in [0.4, 0.5) is 0 Å². The van der Waals surface area contributed by atoms with Gasteiger partial charge in [-0.15, -0.1) is 0 Å². The zero-order chi connectivity index (χ0) is 14.1. The fourth-order valence-corrected chi connectivity index (χ4v) is 2.92. The minimum absolute atomic E-state index is 0.202. The molecule has 1 aliphatic heterocycles. The molecular formula is C16H17NO3. The Balaban J connectivity index is 2.25. The van der Waals surface area contributed by atoms with Crippen LogP contribution in [0, 0.1) is 0 Å². The predicted octanol–water partition coefficient (Wildman–Crippen LogP) is 3.13. The maximum absolute atomic E-state index is 10.7. The molecule has 0 aliphatic carbocycles. The van der Waals surface area contributed by atoms with Crippen LogP contribution in [0.3, 0.4) is 0 Å². The van der Waals surface area contributed by atoms with Gasteiger partial charge in [0.2, 0.25) is 0 Å². The van der Waals surface area contributed by atoms with Crippen molar-refractivity contribution in [2.24, 2.45) is 0 Å². The summed E-state index contributed by atoms with van der Waals surface area (Å²) in [6, 6.07) is 6.25. The number of carbonyl (C=O) groups is 1. The summed E-state index contributed by atoms with van der Waals surface area (Å²) in [5.74, 6) is -0.316. The van der Waals surface area contributed by atoms with E-state index in [2.05, 4.69) is 18.3 Å². The van der Waals surface area contributed by atoms with E-state index in [-0.39, 0.29) is 6.04 Å². The first-order valence-corrected chi connectivity index (χ1v) is 6.89. The second-order valence-corrected chi connectivity index (χ2v) is 5.01. The number of benzene rings is 1. The molecule has 1 aromatic heterocycles. The fraction of sp³-hybridized carbons (Fsp3) is 0.312. The first-order chi connectivity index (χ1) is 9.70. The van der Waals surface area contributed by atoms with Crippen molar-refractivity contribution < 1.29 is 14.3 Å². The predicted molar refractivity (Wildman–Crippen MR) is 77.6 cm³/mol. The molecule has 0 bridgehead atoms. The SMILES string of the molecule is CCC1NCCc2cccc3oc(/C=C/C(=O)O)c1c23. The molecule has 0 amide bonds. The van der Waals surface area contributed by atoms with Crippen LogP contribution in [0.2, 0.25) is 0 Å². The Morgan fingerprint density at radius 3 is 3.15 bits per heavy atom. The molecule has 3 rings (SSSR count). The Morgan fingerprint density at radius 1 is 1.55 bits per heavy atom. The van der Waals surface area contributed by atoms with Gasteiger partial charge in [0.15, 0.2) is 0 Å². The molecule has 2 N–H and O–H groups in total. The van der Waals surface area contributed by atoms with Crippen molar-refractivity contribution in [2.45, 2.75) is 25.8 Å². The van der Waals surface area contributed by atoms with Crippen LogP contribution >= 0.6 is 0 Å². The van der Waals surface area contributed by atoms with E-state index in [0.717, 1.165) is 42.0 Å². The van der Waals surface area contributed by atoms with Crippen molar-refractivity contribution in [3.8, 4) is 0 Å². The topological polar surface area (TPSA) is 62.5 Å². The van der Waals surface area contributed by atoms with Crippen molar-refractivity contribution in [3.63, 3.8) is 0 Å². The van der Waals surface area contributed by atoms with Crippen molar-refractivity contribution in [3.05, 3.63) is 41.2 Å². The van der Waals surface area contributed by atoms with Crippen LogP contribution in [0.5, 0.6) is 0 Å². The Kier molecular flexibility index (Phi) is 3.32. The van der Waals surface area contributed by atoms with E-state index >= 15 is 0 Å². The average Bonchev–Trinajstić information content (AvgIpc) is 2.68. The van der Waals surface area contributed by atoms with Crippen LogP contribution in [0.25, 0.3) is 17.0 Å². The van der Waals surface area contributed by atoms with E-state index in [1.54, 1.807) is 6.08 Å². The van der Waals surface area contributed by atoms with Crippen molar-refractivity contribution in [2.75, 3.05) is 6.54 Å². The number of furan rings is 1. The Bertz CT molecular complexity index is 684. The summed E-state index contributed by atoms with van der Waals surface area (Å²) >= 11 is 0. The number of carboxylic acids is 1. The summed E-state index contributed by atoms with van der Waals surface area (Å²) in [6.07, 6.45) is 4.59. The number of aliphatic carboxylic acids is 1. The molecule has 0 saturated heterocycles. The molecule has 1 atom stereocenters. The molecule has 2 aromatic rings. The summed E-state index contributed by atoms with van der Waals surface area (Å²) in [6.45, 7) is 3.05. The average molecular weight is 271 g/mol. The van der Waals surface area contributed by atoms with Crippen molar-refractivity contribution in [1.82, 2.24) is 5.32 Å². The maximum Gasteiger partial charge on any atom is 0.328 e. The molecule has 0 spiro atoms. The summed E-state index contributed by atoms with van der Waals surface area (Å²) < 4.78 is 5.86. The summed E-state index contributed by atoms with van der Waals surface area (Å²) in [4.78, 5) is 10.7. The lowest BCUT2D eigenvalue weighted by Crippen LogP contribution is -2.21. The molecule has 0 radical (unpaired) electrons. The lowest BCUT2D eigenvalue weighted by molar-refractivity contribution is -0.131. The Hall–Kier alpha value is -2.07. The van der Waals surface area contributed by atoms with Gasteiger partial charge in [0, 0.05) is 23.1 Å². The number of hydrogen-bond acceptors (Lipinski definition) is 3. The summed E-state index contributed by atoms with van der Waals surface area (Å²) in [5, 5.41) is 13.5. The molecule has 2 heterocycles. The van der Waals surface area contributed by atoms with Gasteiger partial charge in [-0.1, -0.05) is 19.1 Å². The number of carboxylic acid groups (broad SMARTS) is 1. The maximum atomic E-state index is 10.7. The van der Waals surface area contributed by atoms with E-state index < -0.39 is 5.97 Å². The van der Waals surface area contributed by atoms with Gasteiger partial charge in [0.1, 0.15) is 11.3 Å². The zero-order valence-corrected chi connectivity index (χ0v) is 11.3. The van der Waals surface area contributed by atoms with Gasteiger partial charge in [0.25, 0.3) is 0 Å². The molecular weight excluding hydrogens is 254 g/mol. The van der Waals surface area contributed by atoms with Crippen LogP contribution < -0.4 is 5.32 Å². The highest BCUT2D eigenvalue weighted by molar-refractivity contribution is 5.91. The smallest absolute Gasteiger partial charge is 0.328 e. The third-order valence-electron chi connectivity index (χ3n) is 3.79. The summed E-state index contributed by atoms with van der Waals surface area (Å²) in [7, 11) is 0. The highest BCUT2D eigenvalue weighted by atomic mass is 16.4. The lowest BCUT2D eigenvalue weighted by Gasteiger charge is -2.14. The van der Waals surface area contributed by atoms with Crippen LogP contribution in [0.1, 0.15) is 36.3 Å². The van der Waals surface area contributed by atoms with E-state index in [4.69, 9.17) is 9.52 Å². The van der Waals surface area contributed by atoms with E-state index in [9.17, 15) is 4.79 Å². The van der Waals surface area contributed by atoms with E-state index in [1.165, 1.54) is 5.56 Å². The van der Waals surface area contributed by atoms with Gasteiger partial charge in [-0.3, -0.25) is 0 Å². The van der Waals surface area contributed by atoms with Crippen molar-refractivity contribution in [1.29, 1.82) is 0 Å². The molecule has 20 heavy (non-hydrogen) atoms. The molecule has 104 valence electrons. The first kappa shape index (κ1) is 12.9. The number of rotatable bonds is 3. The van der Waals surface area contributed by atoms with Gasteiger partial charge in [-0.25, -0.2) is 4.79 Å². The zero-order valence-electron chi connectivity index (χ0n) is 11.3. The molecule has 1 aliphatic rings. The van der Waals surface area contributed by atoms with Gasteiger partial charge in [-0.05, 0) is 37.1 Å². The number of nitrogens with one attached hydrogen (secondary N) is 1. The second kappa shape index (κ2) is 5.13. The molecule has 1 aromatic carbocycles.